The van der Waals surface area contributed by atoms with Gasteiger partial charge in [-0.25, -0.2) is 9.59 Å². The van der Waals surface area contributed by atoms with E-state index in [0.29, 0.717) is 5.56 Å². The molecule has 3 aromatic rings. The first-order chi connectivity index (χ1) is 23.2. The van der Waals surface area contributed by atoms with Crippen molar-refractivity contribution in [2.75, 3.05) is 6.54 Å². The fourth-order valence-corrected chi connectivity index (χ4v) is 4.46. The summed E-state index contributed by atoms with van der Waals surface area (Å²) in [6.07, 6.45) is -0.648. The molecule has 14 heteroatoms. The lowest BCUT2D eigenvalue weighted by Crippen LogP contribution is -2.55. The maximum Gasteiger partial charge on any atom is 0.408 e. The molecule has 0 aliphatic carbocycles. The zero-order chi connectivity index (χ0) is 36.0. The summed E-state index contributed by atoms with van der Waals surface area (Å²) in [5.74, 6) is -2.76. The highest BCUT2D eigenvalue weighted by Crippen LogP contribution is 2.14. The Balaban J connectivity index is 1.70. The molecule has 4 amide bonds. The second kappa shape index (κ2) is 17.9. The number of nitro groups is 1. The van der Waals surface area contributed by atoms with Gasteiger partial charge >= 0.3 is 12.1 Å². The first-order valence-electron chi connectivity index (χ1n) is 15.5. The molecular weight excluding hydrogens is 634 g/mol. The number of non-ortho nitro benzene ring substituents is 1. The van der Waals surface area contributed by atoms with Gasteiger partial charge in [0.1, 0.15) is 30.3 Å². The smallest absolute Gasteiger partial charge is 0.408 e. The third-order valence-electron chi connectivity index (χ3n) is 6.90. The molecule has 0 fully saturated rings. The Bertz CT molecular complexity index is 1590. The van der Waals surface area contributed by atoms with Crippen LogP contribution in [0.4, 0.5) is 10.5 Å². The largest absolute Gasteiger partial charge is 0.459 e. The van der Waals surface area contributed by atoms with E-state index >= 15 is 0 Å². The number of carbonyl (C=O) groups excluding carboxylic acids is 5. The Hall–Kier alpha value is -5.79. The standard InChI is InChI=1S/C35H41N5O9/c1-23(37-34(45)49-35(2,3)4)31(42)36-21-30(41)38-28(19-24-11-7-5-8-12-24)32(43)39-29(20-25-13-9-6-10-14-25)33(44)48-22-26-15-17-27(18-16-26)40(46)47/h5-18,23,28-29H,19-22H2,1-4H3,(H,36,42)(H,37,45)(H,38,41)(H,39,43)/t23-,28-,29+/m0/s1. The second-order valence-electron chi connectivity index (χ2n) is 12.2. The van der Waals surface area contributed by atoms with E-state index in [1.54, 1.807) is 75.4 Å². The normalized spacial score (nSPS) is 12.7. The molecule has 0 saturated heterocycles. The molecule has 260 valence electrons. The van der Waals surface area contributed by atoms with E-state index in [-0.39, 0.29) is 25.1 Å². The molecular formula is C35H41N5O9. The van der Waals surface area contributed by atoms with Gasteiger partial charge in [-0.05, 0) is 56.5 Å². The zero-order valence-corrected chi connectivity index (χ0v) is 27.8. The van der Waals surface area contributed by atoms with Crippen molar-refractivity contribution in [3.8, 4) is 0 Å². The minimum absolute atomic E-state index is 0.0683. The number of alkyl carbamates (subject to hydrolysis) is 1. The molecule has 0 bridgehead atoms. The molecule has 0 aromatic heterocycles. The topological polar surface area (TPSA) is 195 Å². The molecule has 0 spiro atoms. The number of nitro benzene ring substituents is 1. The third kappa shape index (κ3) is 13.5. The highest BCUT2D eigenvalue weighted by atomic mass is 16.6. The van der Waals surface area contributed by atoms with Gasteiger partial charge in [0.15, 0.2) is 0 Å². The summed E-state index contributed by atoms with van der Waals surface area (Å²) in [7, 11) is 0. The molecule has 0 saturated carbocycles. The molecule has 0 heterocycles. The minimum Gasteiger partial charge on any atom is -0.459 e. The quantitative estimate of drug-likeness (QED) is 0.106. The number of hydrogen-bond donors (Lipinski definition) is 4. The van der Waals surface area contributed by atoms with Crippen LogP contribution in [0.3, 0.4) is 0 Å². The van der Waals surface area contributed by atoms with Gasteiger partial charge < -0.3 is 30.7 Å². The van der Waals surface area contributed by atoms with Crippen molar-refractivity contribution in [3.05, 3.63) is 112 Å². The predicted octanol–water partition coefficient (Wildman–Crippen LogP) is 3.12. The molecule has 4 N–H and O–H groups in total. The lowest BCUT2D eigenvalue weighted by molar-refractivity contribution is -0.384. The Morgan fingerprint density at radius 2 is 1.29 bits per heavy atom. The number of ether oxygens (including phenoxy) is 2. The molecule has 3 atom stereocenters. The van der Waals surface area contributed by atoms with Gasteiger partial charge in [-0.3, -0.25) is 24.5 Å². The van der Waals surface area contributed by atoms with Gasteiger partial charge in [-0.1, -0.05) is 60.7 Å². The SMILES string of the molecule is C[C@H](NC(=O)OC(C)(C)C)C(=O)NCC(=O)N[C@@H](Cc1ccccc1)C(=O)N[C@H](Cc1ccccc1)C(=O)OCc1ccc([N+](=O)[O-])cc1. The summed E-state index contributed by atoms with van der Waals surface area (Å²) in [6, 6.07) is 20.1. The second-order valence-corrected chi connectivity index (χ2v) is 12.2. The first-order valence-corrected chi connectivity index (χ1v) is 15.5. The highest BCUT2D eigenvalue weighted by Gasteiger charge is 2.29. The van der Waals surface area contributed by atoms with E-state index in [1.165, 1.54) is 31.2 Å². The van der Waals surface area contributed by atoms with Crippen LogP contribution in [0.25, 0.3) is 0 Å². The summed E-state index contributed by atoms with van der Waals surface area (Å²) in [5, 5.41) is 21.1. The van der Waals surface area contributed by atoms with Crippen LogP contribution in [0.2, 0.25) is 0 Å². The van der Waals surface area contributed by atoms with Gasteiger partial charge in [0, 0.05) is 25.0 Å². The first kappa shape index (κ1) is 37.7. The van der Waals surface area contributed by atoms with Gasteiger partial charge in [0.25, 0.3) is 5.69 Å². The summed E-state index contributed by atoms with van der Waals surface area (Å²) in [4.78, 5) is 75.0. The summed E-state index contributed by atoms with van der Waals surface area (Å²) in [5.41, 5.74) is 1.10. The predicted molar refractivity (Wildman–Crippen MR) is 179 cm³/mol. The van der Waals surface area contributed by atoms with Crippen LogP contribution in [0, 0.1) is 10.1 Å². The molecule has 0 aliphatic heterocycles. The average molecular weight is 676 g/mol. The van der Waals surface area contributed by atoms with Crippen molar-refractivity contribution < 1.29 is 38.4 Å². The molecule has 3 rings (SSSR count). The van der Waals surface area contributed by atoms with Gasteiger partial charge in [-0.15, -0.1) is 0 Å². The van der Waals surface area contributed by atoms with Crippen LogP contribution in [-0.2, 0) is 48.1 Å². The van der Waals surface area contributed by atoms with E-state index in [1.807, 2.05) is 6.07 Å². The van der Waals surface area contributed by atoms with Crippen molar-refractivity contribution in [1.82, 2.24) is 21.3 Å². The van der Waals surface area contributed by atoms with Crippen molar-refractivity contribution >= 4 is 35.5 Å². The Kier molecular flexibility index (Phi) is 13.8. The van der Waals surface area contributed by atoms with Crippen molar-refractivity contribution in [2.24, 2.45) is 0 Å². The number of benzene rings is 3. The monoisotopic (exact) mass is 675 g/mol. The van der Waals surface area contributed by atoms with E-state index in [2.05, 4.69) is 21.3 Å². The number of rotatable bonds is 15. The van der Waals surface area contributed by atoms with Crippen molar-refractivity contribution in [2.45, 2.75) is 70.9 Å². The van der Waals surface area contributed by atoms with E-state index < -0.39 is 65.0 Å². The van der Waals surface area contributed by atoms with Crippen LogP contribution in [-0.4, -0.2) is 65.0 Å². The van der Waals surface area contributed by atoms with Gasteiger partial charge in [0.05, 0.1) is 11.5 Å². The van der Waals surface area contributed by atoms with E-state index in [4.69, 9.17) is 9.47 Å². The fraction of sp³-hybridized carbons (Fsp3) is 0.343. The average Bonchev–Trinajstić information content (AvgIpc) is 3.05. The zero-order valence-electron chi connectivity index (χ0n) is 27.8. The number of nitrogens with one attached hydrogen (secondary N) is 4. The van der Waals surface area contributed by atoms with Crippen LogP contribution < -0.4 is 21.3 Å². The number of esters is 1. The van der Waals surface area contributed by atoms with Crippen LogP contribution in [0.1, 0.15) is 44.4 Å². The summed E-state index contributed by atoms with van der Waals surface area (Å²) < 4.78 is 10.6. The summed E-state index contributed by atoms with van der Waals surface area (Å²) >= 11 is 0. The molecule has 14 nitrogen and oxygen atoms in total. The number of hydrogen-bond acceptors (Lipinski definition) is 9. The lowest BCUT2D eigenvalue weighted by atomic mass is 10.0. The molecule has 3 aromatic carbocycles. The summed E-state index contributed by atoms with van der Waals surface area (Å²) in [6.45, 7) is 5.77. The number of nitrogens with zero attached hydrogens (tertiary/aromatic N) is 1. The molecule has 49 heavy (non-hydrogen) atoms. The van der Waals surface area contributed by atoms with E-state index in [0.717, 1.165) is 11.1 Å². The van der Waals surface area contributed by atoms with Crippen LogP contribution in [0.5, 0.6) is 0 Å². The van der Waals surface area contributed by atoms with Crippen molar-refractivity contribution in [3.63, 3.8) is 0 Å². The van der Waals surface area contributed by atoms with Gasteiger partial charge in [0.2, 0.25) is 17.7 Å². The lowest BCUT2D eigenvalue weighted by Gasteiger charge is -2.23. The Labute approximate surface area is 284 Å². The number of carbonyl (C=O) groups is 5. The fourth-order valence-electron chi connectivity index (χ4n) is 4.46. The van der Waals surface area contributed by atoms with Crippen LogP contribution in [0.15, 0.2) is 84.9 Å². The Morgan fingerprint density at radius 1 is 0.735 bits per heavy atom. The van der Waals surface area contributed by atoms with Crippen molar-refractivity contribution in [1.29, 1.82) is 0 Å². The molecule has 0 aliphatic rings. The van der Waals surface area contributed by atoms with Gasteiger partial charge in [-0.2, -0.15) is 0 Å². The number of amides is 4. The maximum atomic E-state index is 13.7. The maximum absolute atomic E-state index is 13.7. The minimum atomic E-state index is -1.15. The van der Waals surface area contributed by atoms with E-state index in [9.17, 15) is 34.1 Å². The van der Waals surface area contributed by atoms with Crippen LogP contribution >= 0.6 is 0 Å². The molecule has 0 radical (unpaired) electrons. The highest BCUT2D eigenvalue weighted by molar-refractivity contribution is 5.93. The Morgan fingerprint density at radius 3 is 1.82 bits per heavy atom. The third-order valence-corrected chi connectivity index (χ3v) is 6.90. The molecule has 0 unspecified atom stereocenters.